The van der Waals surface area contributed by atoms with Gasteiger partial charge < -0.3 is 10.6 Å². The van der Waals surface area contributed by atoms with Crippen molar-refractivity contribution < 1.29 is 0 Å². The maximum absolute atomic E-state index is 4.36. The molecule has 0 amide bonds. The van der Waals surface area contributed by atoms with Crippen LogP contribution in [0.4, 0.5) is 5.69 Å². The van der Waals surface area contributed by atoms with E-state index in [4.69, 9.17) is 0 Å². The van der Waals surface area contributed by atoms with Gasteiger partial charge in [-0.25, -0.2) is 0 Å². The fourth-order valence-electron chi connectivity index (χ4n) is 2.46. The Morgan fingerprint density at radius 2 is 2.12 bits per heavy atom. The minimum atomic E-state index is 0.203. The van der Waals surface area contributed by atoms with E-state index in [9.17, 15) is 0 Å². The molecular weight excluding hydrogens is 210 g/mol. The van der Waals surface area contributed by atoms with Gasteiger partial charge in [0, 0.05) is 24.5 Å². The molecule has 3 nitrogen and oxygen atoms in total. The third-order valence-electron chi connectivity index (χ3n) is 3.52. The highest BCUT2D eigenvalue weighted by atomic mass is 15.0. The summed E-state index contributed by atoms with van der Waals surface area (Å²) < 4.78 is 0. The van der Waals surface area contributed by atoms with Crippen molar-refractivity contribution in [2.45, 2.75) is 38.1 Å². The first-order valence-corrected chi connectivity index (χ1v) is 6.24. The van der Waals surface area contributed by atoms with Crippen LogP contribution < -0.4 is 10.6 Å². The third kappa shape index (κ3) is 2.78. The first-order valence-electron chi connectivity index (χ1n) is 6.24. The van der Waals surface area contributed by atoms with E-state index in [1.54, 1.807) is 0 Å². The number of hydrogen-bond donors (Lipinski definition) is 2. The highest BCUT2D eigenvalue weighted by Crippen LogP contribution is 2.30. The van der Waals surface area contributed by atoms with E-state index in [0.29, 0.717) is 0 Å². The maximum Gasteiger partial charge on any atom is 0.0875 e. The summed E-state index contributed by atoms with van der Waals surface area (Å²) in [5.41, 5.74) is 3.11. The molecular formula is C14H21N3. The molecule has 1 aliphatic rings. The number of pyridine rings is 1. The van der Waals surface area contributed by atoms with Crippen LogP contribution in [0.3, 0.4) is 0 Å². The van der Waals surface area contributed by atoms with Crippen LogP contribution in [0.5, 0.6) is 0 Å². The van der Waals surface area contributed by atoms with Gasteiger partial charge in [-0.1, -0.05) is 19.4 Å². The molecule has 2 rings (SSSR count). The van der Waals surface area contributed by atoms with E-state index in [1.165, 1.54) is 25.7 Å². The van der Waals surface area contributed by atoms with Crippen molar-refractivity contribution in [1.82, 2.24) is 10.3 Å². The number of nitrogens with one attached hydrogen (secondary N) is 2. The molecule has 0 saturated heterocycles. The number of aromatic nitrogens is 1. The number of hydrogen-bond acceptors (Lipinski definition) is 3. The van der Waals surface area contributed by atoms with Gasteiger partial charge in [0.1, 0.15) is 0 Å². The van der Waals surface area contributed by atoms with Gasteiger partial charge in [0.05, 0.1) is 11.4 Å². The van der Waals surface area contributed by atoms with E-state index >= 15 is 0 Å². The summed E-state index contributed by atoms with van der Waals surface area (Å²) in [6, 6.07) is 3.97. The highest BCUT2D eigenvalue weighted by molar-refractivity contribution is 5.62. The van der Waals surface area contributed by atoms with Crippen molar-refractivity contribution in [3.63, 3.8) is 0 Å². The second-order valence-electron chi connectivity index (χ2n) is 5.05. The number of rotatable bonds is 4. The molecule has 17 heavy (non-hydrogen) atoms. The van der Waals surface area contributed by atoms with Crippen molar-refractivity contribution in [3.8, 4) is 0 Å². The van der Waals surface area contributed by atoms with Gasteiger partial charge in [-0.15, -0.1) is 0 Å². The summed E-state index contributed by atoms with van der Waals surface area (Å²) in [7, 11) is 1.91. The largest absolute Gasteiger partial charge is 0.388 e. The molecule has 0 unspecified atom stereocenters. The quantitative estimate of drug-likeness (QED) is 0.836. The number of nitrogens with zero attached hydrogens (tertiary/aromatic N) is 1. The summed E-state index contributed by atoms with van der Waals surface area (Å²) in [5, 5.41) is 6.65. The monoisotopic (exact) mass is 231 g/mol. The topological polar surface area (TPSA) is 37.0 Å². The highest BCUT2D eigenvalue weighted by Gasteiger charge is 2.28. The molecule has 3 heteroatoms. The zero-order chi connectivity index (χ0) is 12.3. The zero-order valence-corrected chi connectivity index (χ0v) is 10.7. The van der Waals surface area contributed by atoms with Crippen molar-refractivity contribution >= 4 is 11.4 Å². The van der Waals surface area contributed by atoms with Crippen LogP contribution in [0.15, 0.2) is 24.9 Å². The van der Waals surface area contributed by atoms with Crippen LogP contribution in [0.1, 0.15) is 38.3 Å². The summed E-state index contributed by atoms with van der Waals surface area (Å²) in [6.07, 6.45) is 6.86. The first kappa shape index (κ1) is 12.0. The van der Waals surface area contributed by atoms with Crippen molar-refractivity contribution in [3.05, 3.63) is 30.6 Å². The van der Waals surface area contributed by atoms with Gasteiger partial charge in [0.25, 0.3) is 0 Å². The fraction of sp³-hybridized carbons (Fsp3) is 0.500. The van der Waals surface area contributed by atoms with Crippen molar-refractivity contribution in [2.24, 2.45) is 0 Å². The molecule has 1 saturated carbocycles. The van der Waals surface area contributed by atoms with Crippen LogP contribution in [0.2, 0.25) is 0 Å². The minimum absolute atomic E-state index is 0.203. The lowest BCUT2D eigenvalue weighted by atomic mass is 10.00. The van der Waals surface area contributed by atoms with E-state index < -0.39 is 0 Å². The Hall–Kier alpha value is -1.51. The number of anilines is 1. The molecule has 0 radical (unpaired) electrons. The van der Waals surface area contributed by atoms with Gasteiger partial charge in [-0.3, -0.25) is 4.98 Å². The molecule has 1 fully saturated rings. The molecule has 0 bridgehead atoms. The zero-order valence-electron chi connectivity index (χ0n) is 10.7. The Kier molecular flexibility index (Phi) is 3.36. The normalized spacial score (nSPS) is 17.8. The molecule has 1 aromatic heterocycles. The van der Waals surface area contributed by atoms with Crippen LogP contribution in [0, 0.1) is 0 Å². The van der Waals surface area contributed by atoms with E-state index in [2.05, 4.69) is 29.1 Å². The second kappa shape index (κ2) is 4.78. The standard InChI is InChI=1S/C14H21N3/c1-11(17-14(2)7-4-5-8-14)13-10-12(15-3)6-9-16-13/h6,9-10,17H,1,4-5,7-8H2,2-3H3,(H,15,16). The molecule has 0 atom stereocenters. The predicted molar refractivity (Wildman–Crippen MR) is 72.8 cm³/mol. The lowest BCUT2D eigenvalue weighted by molar-refractivity contribution is 0.423. The Labute approximate surface area is 103 Å². The van der Waals surface area contributed by atoms with E-state index in [1.807, 2.05) is 25.4 Å². The Balaban J connectivity index is 2.08. The fourth-order valence-corrected chi connectivity index (χ4v) is 2.46. The molecule has 1 aromatic rings. The lowest BCUT2D eigenvalue weighted by Crippen LogP contribution is -2.37. The minimum Gasteiger partial charge on any atom is -0.388 e. The van der Waals surface area contributed by atoms with E-state index in [0.717, 1.165) is 17.1 Å². The molecule has 0 aliphatic heterocycles. The second-order valence-corrected chi connectivity index (χ2v) is 5.05. The smallest absolute Gasteiger partial charge is 0.0875 e. The molecule has 92 valence electrons. The third-order valence-corrected chi connectivity index (χ3v) is 3.52. The van der Waals surface area contributed by atoms with E-state index in [-0.39, 0.29) is 5.54 Å². The maximum atomic E-state index is 4.36. The van der Waals surface area contributed by atoms with Crippen LogP contribution >= 0.6 is 0 Å². The Morgan fingerprint density at radius 1 is 1.41 bits per heavy atom. The van der Waals surface area contributed by atoms with Crippen LogP contribution in [0.25, 0.3) is 5.70 Å². The Bertz CT molecular complexity index is 406. The molecule has 1 aliphatic carbocycles. The predicted octanol–water partition coefficient (Wildman–Crippen LogP) is 3.02. The molecule has 0 spiro atoms. The van der Waals surface area contributed by atoms with Crippen molar-refractivity contribution in [1.29, 1.82) is 0 Å². The van der Waals surface area contributed by atoms with Gasteiger partial charge >= 0.3 is 0 Å². The average molecular weight is 231 g/mol. The first-order chi connectivity index (χ1) is 8.13. The van der Waals surface area contributed by atoms with Gasteiger partial charge in [0.15, 0.2) is 0 Å². The summed E-state index contributed by atoms with van der Waals surface area (Å²) >= 11 is 0. The van der Waals surface area contributed by atoms with Crippen LogP contribution in [-0.4, -0.2) is 17.6 Å². The van der Waals surface area contributed by atoms with Gasteiger partial charge in [-0.05, 0) is 31.9 Å². The summed E-state index contributed by atoms with van der Waals surface area (Å²) in [6.45, 7) is 6.38. The van der Waals surface area contributed by atoms with Crippen molar-refractivity contribution in [2.75, 3.05) is 12.4 Å². The summed E-state index contributed by atoms with van der Waals surface area (Å²) in [5.74, 6) is 0. The lowest BCUT2D eigenvalue weighted by Gasteiger charge is -2.27. The average Bonchev–Trinajstić information content (AvgIpc) is 2.76. The van der Waals surface area contributed by atoms with Gasteiger partial charge in [-0.2, -0.15) is 0 Å². The van der Waals surface area contributed by atoms with Crippen LogP contribution in [-0.2, 0) is 0 Å². The molecule has 0 aromatic carbocycles. The van der Waals surface area contributed by atoms with Gasteiger partial charge in [0.2, 0.25) is 0 Å². The molecule has 2 N–H and O–H groups in total. The Morgan fingerprint density at radius 3 is 2.76 bits per heavy atom. The molecule has 1 heterocycles. The SMILES string of the molecule is C=C(NC1(C)CCCC1)c1cc(NC)ccn1. The summed E-state index contributed by atoms with van der Waals surface area (Å²) in [4.78, 5) is 4.36.